The Labute approximate surface area is 130 Å². The van der Waals surface area contributed by atoms with E-state index in [9.17, 15) is 0 Å². The monoisotopic (exact) mass is 331 g/mol. The second kappa shape index (κ2) is 6.55. The maximum Gasteiger partial charge on any atom is 0.0554 e. The van der Waals surface area contributed by atoms with Crippen LogP contribution in [0.15, 0.2) is 46.9 Å². The molecular weight excluding hydrogens is 310 g/mol. The highest BCUT2D eigenvalue weighted by molar-refractivity contribution is 9.10. The summed E-state index contributed by atoms with van der Waals surface area (Å²) in [5, 5.41) is 0. The van der Waals surface area contributed by atoms with Gasteiger partial charge in [-0.15, -0.1) is 0 Å². The molecule has 0 heterocycles. The molecule has 0 saturated heterocycles. The number of nitrogens with two attached hydrogens (primary N) is 1. The number of halogens is 1. The van der Waals surface area contributed by atoms with E-state index in [0.717, 1.165) is 10.9 Å². The molecular formula is C18H22BrN. The molecule has 0 aliphatic heterocycles. The third-order valence-corrected chi connectivity index (χ3v) is 4.55. The molecule has 20 heavy (non-hydrogen) atoms. The van der Waals surface area contributed by atoms with Crippen LogP contribution in [-0.2, 0) is 0 Å². The summed E-state index contributed by atoms with van der Waals surface area (Å²) in [6.45, 7) is 6.58. The smallest absolute Gasteiger partial charge is 0.0554 e. The maximum absolute atomic E-state index is 6.42. The van der Waals surface area contributed by atoms with Gasteiger partial charge in [0.05, 0.1) is 6.04 Å². The van der Waals surface area contributed by atoms with Gasteiger partial charge < -0.3 is 5.73 Å². The lowest BCUT2D eigenvalue weighted by molar-refractivity contribution is 0.732. The molecule has 2 aromatic rings. The van der Waals surface area contributed by atoms with Gasteiger partial charge >= 0.3 is 0 Å². The van der Waals surface area contributed by atoms with Crippen molar-refractivity contribution in [3.63, 3.8) is 0 Å². The van der Waals surface area contributed by atoms with Gasteiger partial charge in [0.15, 0.2) is 0 Å². The second-order valence-electron chi connectivity index (χ2n) is 5.45. The largest absolute Gasteiger partial charge is 0.320 e. The topological polar surface area (TPSA) is 26.0 Å². The summed E-state index contributed by atoms with van der Waals surface area (Å²) in [6.07, 6.45) is 1.16. The van der Waals surface area contributed by atoms with Gasteiger partial charge in [0.2, 0.25) is 0 Å². The molecule has 0 bridgehead atoms. The van der Waals surface area contributed by atoms with Gasteiger partial charge in [0.25, 0.3) is 0 Å². The zero-order chi connectivity index (χ0) is 14.7. The van der Waals surface area contributed by atoms with E-state index in [4.69, 9.17) is 5.73 Å². The summed E-state index contributed by atoms with van der Waals surface area (Å²) in [4.78, 5) is 0. The molecule has 2 rings (SSSR count). The van der Waals surface area contributed by atoms with Crippen molar-refractivity contribution in [1.29, 1.82) is 0 Å². The fourth-order valence-electron chi connectivity index (χ4n) is 2.39. The van der Waals surface area contributed by atoms with Gasteiger partial charge in [-0.25, -0.2) is 0 Å². The number of hydrogen-bond donors (Lipinski definition) is 1. The van der Waals surface area contributed by atoms with Crippen molar-refractivity contribution >= 4 is 15.9 Å². The second-order valence-corrected chi connectivity index (χ2v) is 6.37. The molecule has 0 saturated carbocycles. The molecule has 0 radical (unpaired) electrons. The summed E-state index contributed by atoms with van der Waals surface area (Å²) in [6, 6.07) is 14.9. The zero-order valence-corrected chi connectivity index (χ0v) is 13.9. The van der Waals surface area contributed by atoms with Crippen LogP contribution in [0, 0.1) is 6.92 Å². The normalized spacial score (nSPS) is 14.1. The van der Waals surface area contributed by atoms with E-state index in [1.54, 1.807) is 0 Å². The first-order valence-corrected chi connectivity index (χ1v) is 7.93. The Bertz CT molecular complexity index is 574. The van der Waals surface area contributed by atoms with Crippen LogP contribution in [0.25, 0.3) is 0 Å². The van der Waals surface area contributed by atoms with Crippen LogP contribution in [0.5, 0.6) is 0 Å². The molecule has 0 aliphatic carbocycles. The first kappa shape index (κ1) is 15.3. The lowest BCUT2D eigenvalue weighted by Gasteiger charge is -2.17. The quantitative estimate of drug-likeness (QED) is 0.806. The molecule has 0 spiro atoms. The highest BCUT2D eigenvalue weighted by Crippen LogP contribution is 2.27. The van der Waals surface area contributed by atoms with E-state index in [1.165, 1.54) is 22.3 Å². The first-order chi connectivity index (χ1) is 9.52. The van der Waals surface area contributed by atoms with Gasteiger partial charge in [-0.2, -0.15) is 0 Å². The Balaban J connectivity index is 2.29. The van der Waals surface area contributed by atoms with Gasteiger partial charge in [0.1, 0.15) is 0 Å². The summed E-state index contributed by atoms with van der Waals surface area (Å²) in [7, 11) is 0. The summed E-state index contributed by atoms with van der Waals surface area (Å²) in [5.74, 6) is 0.605. The third-order valence-electron chi connectivity index (χ3n) is 4.05. The molecule has 0 amide bonds. The van der Waals surface area contributed by atoms with E-state index in [1.807, 2.05) is 0 Å². The number of aryl methyl sites for hydroxylation is 1. The van der Waals surface area contributed by atoms with Gasteiger partial charge in [-0.1, -0.05) is 60.1 Å². The molecule has 2 atom stereocenters. The Morgan fingerprint density at radius 1 is 1.05 bits per heavy atom. The minimum Gasteiger partial charge on any atom is -0.320 e. The van der Waals surface area contributed by atoms with E-state index < -0.39 is 0 Å². The van der Waals surface area contributed by atoms with Crippen LogP contribution in [-0.4, -0.2) is 0 Å². The SMILES string of the molecule is CCC(C)c1ccc(C(N)c2cc(Br)ccc2C)cc1. The van der Waals surface area contributed by atoms with Crippen LogP contribution in [0.3, 0.4) is 0 Å². The average Bonchev–Trinajstić information content (AvgIpc) is 2.48. The molecule has 0 fully saturated rings. The van der Waals surface area contributed by atoms with Crippen LogP contribution in [0.2, 0.25) is 0 Å². The third kappa shape index (κ3) is 3.31. The highest BCUT2D eigenvalue weighted by Gasteiger charge is 2.12. The van der Waals surface area contributed by atoms with Crippen LogP contribution < -0.4 is 5.73 Å². The standard InChI is InChI=1S/C18H22BrN/c1-4-12(2)14-6-8-15(9-7-14)18(20)17-11-16(19)10-5-13(17)3/h5-12,18H,4,20H2,1-3H3. The molecule has 0 aliphatic rings. The van der Waals surface area contributed by atoms with Gasteiger partial charge in [-0.3, -0.25) is 0 Å². The van der Waals surface area contributed by atoms with E-state index in [2.05, 4.69) is 79.2 Å². The maximum atomic E-state index is 6.42. The van der Waals surface area contributed by atoms with Crippen molar-refractivity contribution in [1.82, 2.24) is 0 Å². The molecule has 2 unspecified atom stereocenters. The molecule has 2 heteroatoms. The molecule has 2 aromatic carbocycles. The predicted molar refractivity (Wildman–Crippen MR) is 90.1 cm³/mol. The Morgan fingerprint density at radius 2 is 1.65 bits per heavy atom. The lowest BCUT2D eigenvalue weighted by atomic mass is 9.92. The number of benzene rings is 2. The summed E-state index contributed by atoms with van der Waals surface area (Å²) < 4.78 is 1.07. The van der Waals surface area contributed by atoms with Gasteiger partial charge in [0, 0.05) is 4.47 Å². The van der Waals surface area contributed by atoms with Crippen molar-refractivity contribution in [3.05, 3.63) is 69.2 Å². The summed E-state index contributed by atoms with van der Waals surface area (Å²) >= 11 is 3.52. The zero-order valence-electron chi connectivity index (χ0n) is 12.4. The van der Waals surface area contributed by atoms with Crippen molar-refractivity contribution in [2.24, 2.45) is 5.73 Å². The van der Waals surface area contributed by atoms with E-state index in [-0.39, 0.29) is 6.04 Å². The minimum atomic E-state index is -0.0708. The highest BCUT2D eigenvalue weighted by atomic mass is 79.9. The number of hydrogen-bond acceptors (Lipinski definition) is 1. The molecule has 1 nitrogen and oxygen atoms in total. The van der Waals surface area contributed by atoms with Crippen LogP contribution in [0.1, 0.15) is 54.5 Å². The van der Waals surface area contributed by atoms with Crippen molar-refractivity contribution in [2.45, 2.75) is 39.2 Å². The minimum absolute atomic E-state index is 0.0708. The Morgan fingerprint density at radius 3 is 2.25 bits per heavy atom. The molecule has 0 aromatic heterocycles. The Hall–Kier alpha value is -1.12. The fraction of sp³-hybridized carbons (Fsp3) is 0.333. The lowest BCUT2D eigenvalue weighted by Crippen LogP contribution is -2.13. The van der Waals surface area contributed by atoms with Crippen molar-refractivity contribution < 1.29 is 0 Å². The van der Waals surface area contributed by atoms with Crippen LogP contribution in [0.4, 0.5) is 0 Å². The first-order valence-electron chi connectivity index (χ1n) is 7.14. The predicted octanol–water partition coefficient (Wildman–Crippen LogP) is 5.32. The average molecular weight is 332 g/mol. The molecule has 2 N–H and O–H groups in total. The fourth-order valence-corrected chi connectivity index (χ4v) is 2.77. The summed E-state index contributed by atoms with van der Waals surface area (Å²) in [5.41, 5.74) is 11.4. The van der Waals surface area contributed by atoms with Crippen molar-refractivity contribution in [3.8, 4) is 0 Å². The van der Waals surface area contributed by atoms with Crippen LogP contribution >= 0.6 is 15.9 Å². The van der Waals surface area contributed by atoms with E-state index >= 15 is 0 Å². The number of rotatable bonds is 4. The Kier molecular flexibility index (Phi) is 5.00. The van der Waals surface area contributed by atoms with E-state index in [0.29, 0.717) is 5.92 Å². The van der Waals surface area contributed by atoms with Crippen molar-refractivity contribution in [2.75, 3.05) is 0 Å². The van der Waals surface area contributed by atoms with Gasteiger partial charge in [-0.05, 0) is 53.6 Å². The molecule has 106 valence electrons.